The van der Waals surface area contributed by atoms with Gasteiger partial charge in [-0.1, -0.05) is 58.3 Å². The number of carbonyl (C=O) groups excluding carboxylic acids is 1. The Morgan fingerprint density at radius 2 is 1.41 bits per heavy atom. The summed E-state index contributed by atoms with van der Waals surface area (Å²) in [7, 11) is 0. The van der Waals surface area contributed by atoms with Gasteiger partial charge in [-0.05, 0) is 25.0 Å². The van der Waals surface area contributed by atoms with Crippen molar-refractivity contribution < 1.29 is 15.0 Å². The van der Waals surface area contributed by atoms with Crippen LogP contribution in [-0.2, 0) is 0 Å². The fourth-order valence-electron chi connectivity index (χ4n) is 2.64. The maximum atomic E-state index is 12.1. The van der Waals surface area contributed by atoms with E-state index in [-0.39, 0.29) is 17.3 Å². The molecule has 0 fully saturated rings. The van der Waals surface area contributed by atoms with Crippen LogP contribution in [0.4, 0.5) is 0 Å². The summed E-state index contributed by atoms with van der Waals surface area (Å²) in [6, 6.07) is 2.82. The molecule has 0 aliphatic rings. The molecule has 1 rings (SSSR count). The molecule has 0 spiro atoms. The van der Waals surface area contributed by atoms with Gasteiger partial charge >= 0.3 is 0 Å². The molecule has 0 aromatic heterocycles. The van der Waals surface area contributed by atoms with E-state index in [1.165, 1.54) is 51.0 Å². The van der Waals surface area contributed by atoms with Gasteiger partial charge < -0.3 is 10.2 Å². The number of hydrogen-bond acceptors (Lipinski definition) is 3. The van der Waals surface area contributed by atoms with Crippen molar-refractivity contribution in [3.63, 3.8) is 0 Å². The Kier molecular flexibility index (Phi) is 8.64. The van der Waals surface area contributed by atoms with E-state index in [0.717, 1.165) is 12.8 Å². The van der Waals surface area contributed by atoms with Crippen molar-refractivity contribution in [1.82, 2.24) is 0 Å². The number of benzene rings is 1. The molecule has 0 aliphatic heterocycles. The lowest BCUT2D eigenvalue weighted by Gasteiger charge is -2.07. The molecule has 22 heavy (non-hydrogen) atoms. The topological polar surface area (TPSA) is 57.5 Å². The molecule has 1 aromatic carbocycles. The average Bonchev–Trinajstić information content (AvgIpc) is 2.49. The molecule has 0 aliphatic carbocycles. The summed E-state index contributed by atoms with van der Waals surface area (Å²) >= 11 is 0. The van der Waals surface area contributed by atoms with Gasteiger partial charge in [-0.2, -0.15) is 0 Å². The Bertz CT molecular complexity index is 466. The highest BCUT2D eigenvalue weighted by molar-refractivity contribution is 5.98. The third-order valence-electron chi connectivity index (χ3n) is 4.12. The molecule has 124 valence electrons. The number of rotatable bonds is 11. The predicted octanol–water partition coefficient (Wildman–Crippen LogP) is 5.51. The number of aryl methyl sites for hydroxylation is 1. The fourth-order valence-corrected chi connectivity index (χ4v) is 2.64. The highest BCUT2D eigenvalue weighted by atomic mass is 16.3. The quantitative estimate of drug-likeness (QED) is 0.418. The van der Waals surface area contributed by atoms with E-state index in [2.05, 4.69) is 6.92 Å². The van der Waals surface area contributed by atoms with Gasteiger partial charge in [0, 0.05) is 12.5 Å². The van der Waals surface area contributed by atoms with Crippen molar-refractivity contribution >= 4 is 5.78 Å². The van der Waals surface area contributed by atoms with Gasteiger partial charge in [-0.25, -0.2) is 0 Å². The fraction of sp³-hybridized carbons (Fsp3) is 0.632. The van der Waals surface area contributed by atoms with E-state index in [0.29, 0.717) is 17.5 Å². The Balaban J connectivity index is 2.20. The van der Waals surface area contributed by atoms with Gasteiger partial charge in [0.2, 0.25) is 0 Å². The van der Waals surface area contributed by atoms with Crippen molar-refractivity contribution in [2.45, 2.75) is 78.1 Å². The first-order valence-corrected chi connectivity index (χ1v) is 8.62. The summed E-state index contributed by atoms with van der Waals surface area (Å²) in [5.74, 6) is -0.135. The van der Waals surface area contributed by atoms with E-state index in [1.807, 2.05) is 0 Å². The monoisotopic (exact) mass is 306 g/mol. The van der Waals surface area contributed by atoms with E-state index in [1.54, 1.807) is 13.0 Å². The van der Waals surface area contributed by atoms with Crippen LogP contribution >= 0.6 is 0 Å². The summed E-state index contributed by atoms with van der Waals surface area (Å²) in [5.41, 5.74) is 0.947. The first-order chi connectivity index (χ1) is 10.6. The van der Waals surface area contributed by atoms with Crippen molar-refractivity contribution in [3.8, 4) is 11.5 Å². The zero-order chi connectivity index (χ0) is 16.4. The van der Waals surface area contributed by atoms with Gasteiger partial charge in [-0.15, -0.1) is 0 Å². The first kappa shape index (κ1) is 18.5. The maximum absolute atomic E-state index is 12.1. The zero-order valence-electron chi connectivity index (χ0n) is 14.0. The van der Waals surface area contributed by atoms with Crippen LogP contribution in [0.1, 0.15) is 87.1 Å². The number of unbranched alkanes of at least 4 members (excludes halogenated alkanes) is 8. The normalized spacial score (nSPS) is 10.8. The third kappa shape index (κ3) is 6.50. The summed E-state index contributed by atoms with van der Waals surface area (Å²) in [4.78, 5) is 12.1. The first-order valence-electron chi connectivity index (χ1n) is 8.62. The maximum Gasteiger partial charge on any atom is 0.166 e. The molecule has 0 heterocycles. The van der Waals surface area contributed by atoms with Crippen LogP contribution in [0.3, 0.4) is 0 Å². The van der Waals surface area contributed by atoms with Crippen LogP contribution in [0.25, 0.3) is 0 Å². The van der Waals surface area contributed by atoms with Gasteiger partial charge in [0.1, 0.15) is 11.5 Å². The molecule has 0 bridgehead atoms. The second-order valence-electron chi connectivity index (χ2n) is 6.16. The SMILES string of the molecule is CCCCCCCCCCCC(=O)c1cc(C)c(O)cc1O. The second-order valence-corrected chi connectivity index (χ2v) is 6.16. The number of Topliss-reactive ketones (excluding diaryl/α,β-unsaturated/α-hetero) is 1. The van der Waals surface area contributed by atoms with Crippen LogP contribution in [-0.4, -0.2) is 16.0 Å². The number of phenolic OH excluding ortho intramolecular Hbond substituents is 2. The van der Waals surface area contributed by atoms with Crippen LogP contribution in [0, 0.1) is 6.92 Å². The Hall–Kier alpha value is -1.51. The minimum Gasteiger partial charge on any atom is -0.508 e. The molecule has 0 unspecified atom stereocenters. The van der Waals surface area contributed by atoms with Gasteiger partial charge in [0.25, 0.3) is 0 Å². The summed E-state index contributed by atoms with van der Waals surface area (Å²) in [6.45, 7) is 3.95. The molecule has 0 saturated carbocycles. The van der Waals surface area contributed by atoms with E-state index >= 15 is 0 Å². The number of carbonyl (C=O) groups is 1. The highest BCUT2D eigenvalue weighted by Crippen LogP contribution is 2.28. The van der Waals surface area contributed by atoms with Crippen molar-refractivity contribution in [2.75, 3.05) is 0 Å². The summed E-state index contributed by atoms with van der Waals surface area (Å²) in [5, 5.41) is 19.2. The Morgan fingerprint density at radius 3 is 2.00 bits per heavy atom. The molecule has 3 heteroatoms. The molecule has 0 atom stereocenters. The lowest BCUT2D eigenvalue weighted by molar-refractivity contribution is 0.0976. The zero-order valence-corrected chi connectivity index (χ0v) is 14.0. The van der Waals surface area contributed by atoms with E-state index in [9.17, 15) is 15.0 Å². The van der Waals surface area contributed by atoms with E-state index in [4.69, 9.17) is 0 Å². The number of phenols is 2. The summed E-state index contributed by atoms with van der Waals surface area (Å²) in [6.07, 6.45) is 11.4. The Morgan fingerprint density at radius 1 is 0.864 bits per heavy atom. The van der Waals surface area contributed by atoms with Gasteiger partial charge in [0.15, 0.2) is 5.78 Å². The number of hydrogen-bond donors (Lipinski definition) is 2. The lowest BCUT2D eigenvalue weighted by Crippen LogP contribution is -2.00. The molecule has 3 nitrogen and oxygen atoms in total. The largest absolute Gasteiger partial charge is 0.508 e. The van der Waals surface area contributed by atoms with Crippen molar-refractivity contribution in [2.24, 2.45) is 0 Å². The predicted molar refractivity (Wildman–Crippen MR) is 90.7 cm³/mol. The standard InChI is InChI=1S/C19H30O3/c1-3-4-5-6-7-8-9-10-11-12-17(20)16-13-15(2)18(21)14-19(16)22/h13-14,21-22H,3-12H2,1-2H3. The minimum atomic E-state index is -0.121. The summed E-state index contributed by atoms with van der Waals surface area (Å²) < 4.78 is 0. The lowest BCUT2D eigenvalue weighted by atomic mass is 10.0. The van der Waals surface area contributed by atoms with Gasteiger partial charge in [0.05, 0.1) is 5.56 Å². The smallest absolute Gasteiger partial charge is 0.166 e. The average molecular weight is 306 g/mol. The van der Waals surface area contributed by atoms with Crippen LogP contribution in [0.2, 0.25) is 0 Å². The highest BCUT2D eigenvalue weighted by Gasteiger charge is 2.13. The molecule has 0 amide bonds. The number of aromatic hydroxyl groups is 2. The number of ketones is 1. The molecule has 2 N–H and O–H groups in total. The van der Waals surface area contributed by atoms with E-state index < -0.39 is 0 Å². The molecular formula is C19H30O3. The van der Waals surface area contributed by atoms with Crippen LogP contribution in [0.15, 0.2) is 12.1 Å². The Labute approximate surface area is 134 Å². The van der Waals surface area contributed by atoms with Gasteiger partial charge in [-0.3, -0.25) is 4.79 Å². The third-order valence-corrected chi connectivity index (χ3v) is 4.12. The molecular weight excluding hydrogens is 276 g/mol. The van der Waals surface area contributed by atoms with Crippen molar-refractivity contribution in [3.05, 3.63) is 23.3 Å². The van der Waals surface area contributed by atoms with Crippen LogP contribution < -0.4 is 0 Å². The molecule has 0 saturated heterocycles. The minimum absolute atomic E-state index is 0.0251. The van der Waals surface area contributed by atoms with Crippen molar-refractivity contribution in [1.29, 1.82) is 0 Å². The second kappa shape index (κ2) is 10.3. The molecule has 0 radical (unpaired) electrons. The molecule has 1 aromatic rings. The van der Waals surface area contributed by atoms with Crippen LogP contribution in [0.5, 0.6) is 11.5 Å².